The maximum absolute atomic E-state index is 12.1. The van der Waals surface area contributed by atoms with Gasteiger partial charge in [0.2, 0.25) is 0 Å². The highest BCUT2D eigenvalue weighted by Gasteiger charge is 2.13. The van der Waals surface area contributed by atoms with E-state index in [1.807, 2.05) is 0 Å². The molecular formula is C14H22N4O3S. The van der Waals surface area contributed by atoms with Crippen LogP contribution in [0.2, 0.25) is 0 Å². The van der Waals surface area contributed by atoms with Crippen LogP contribution in [0.5, 0.6) is 0 Å². The normalized spacial score (nSPS) is 18.2. The average Bonchev–Trinajstić information content (AvgIpc) is 2.53. The molecule has 2 rings (SSSR count). The van der Waals surface area contributed by atoms with E-state index in [1.165, 1.54) is 12.1 Å². The van der Waals surface area contributed by atoms with Crippen LogP contribution in [0.1, 0.15) is 6.42 Å². The molecule has 1 N–H and O–H groups in total. The Morgan fingerprint density at radius 2 is 2.05 bits per heavy atom. The van der Waals surface area contributed by atoms with E-state index in [1.54, 1.807) is 12.1 Å². The highest BCUT2D eigenvalue weighted by atomic mass is 32.2. The Hall–Kier alpha value is -1.35. The summed E-state index contributed by atoms with van der Waals surface area (Å²) in [7, 11) is 0.723. The largest absolute Gasteiger partial charge is 0.304 e. The third-order valence-electron chi connectivity index (χ3n) is 3.72. The molecule has 1 heterocycles. The summed E-state index contributed by atoms with van der Waals surface area (Å²) in [4.78, 5) is 15.4. The van der Waals surface area contributed by atoms with E-state index in [-0.39, 0.29) is 5.69 Å². The number of nitrogens with zero attached hydrogens (tertiary/aromatic N) is 3. The van der Waals surface area contributed by atoms with Crippen LogP contribution in [-0.4, -0.2) is 65.2 Å². The van der Waals surface area contributed by atoms with Crippen LogP contribution in [0.4, 0.5) is 5.69 Å². The quantitative estimate of drug-likeness (QED) is 0.456. The molecule has 0 amide bonds. The first-order valence-electron chi connectivity index (χ1n) is 7.37. The minimum Gasteiger partial charge on any atom is -0.304 e. The lowest BCUT2D eigenvalue weighted by atomic mass is 10.3. The van der Waals surface area contributed by atoms with Gasteiger partial charge < -0.3 is 9.80 Å². The van der Waals surface area contributed by atoms with E-state index >= 15 is 0 Å². The molecule has 1 aliphatic heterocycles. The third kappa shape index (κ3) is 5.13. The van der Waals surface area contributed by atoms with Crippen molar-refractivity contribution in [3.63, 3.8) is 0 Å². The zero-order chi connectivity index (χ0) is 15.9. The van der Waals surface area contributed by atoms with Crippen LogP contribution in [0.15, 0.2) is 29.2 Å². The number of hydrogen-bond acceptors (Lipinski definition) is 5. The van der Waals surface area contributed by atoms with Crippen molar-refractivity contribution >= 4 is 16.7 Å². The van der Waals surface area contributed by atoms with Crippen molar-refractivity contribution in [3.8, 4) is 0 Å². The summed E-state index contributed by atoms with van der Waals surface area (Å²) in [5.74, 6) is 0. The summed E-state index contributed by atoms with van der Waals surface area (Å²) < 4.78 is 15.0. The predicted molar refractivity (Wildman–Crippen MR) is 86.1 cm³/mol. The summed E-state index contributed by atoms with van der Waals surface area (Å²) >= 11 is 0. The number of benzene rings is 1. The molecule has 1 atom stereocenters. The Bertz CT molecular complexity index is 533. The zero-order valence-electron chi connectivity index (χ0n) is 12.7. The van der Waals surface area contributed by atoms with Crippen molar-refractivity contribution in [2.45, 2.75) is 11.3 Å². The molecule has 1 aromatic rings. The van der Waals surface area contributed by atoms with E-state index < -0.39 is 15.9 Å². The fraction of sp³-hybridized carbons (Fsp3) is 0.571. The minimum absolute atomic E-state index is 0.0370. The average molecular weight is 326 g/mol. The number of rotatable bonds is 7. The van der Waals surface area contributed by atoms with Crippen LogP contribution in [0, 0.1) is 10.1 Å². The molecule has 22 heavy (non-hydrogen) atoms. The highest BCUT2D eigenvalue weighted by Crippen LogP contribution is 2.15. The summed E-state index contributed by atoms with van der Waals surface area (Å²) in [6, 6.07) is 5.94. The molecule has 0 spiro atoms. The van der Waals surface area contributed by atoms with Gasteiger partial charge in [-0.25, -0.2) is 8.93 Å². The topological polar surface area (TPSA) is 78.7 Å². The highest BCUT2D eigenvalue weighted by molar-refractivity contribution is 7.83. The van der Waals surface area contributed by atoms with Gasteiger partial charge in [-0.15, -0.1) is 0 Å². The van der Waals surface area contributed by atoms with Crippen molar-refractivity contribution in [1.82, 2.24) is 14.5 Å². The van der Waals surface area contributed by atoms with Crippen LogP contribution in [-0.2, 0) is 11.0 Å². The minimum atomic E-state index is -1.40. The summed E-state index contributed by atoms with van der Waals surface area (Å²) in [5, 5.41) is 10.7. The molecule has 1 unspecified atom stereocenters. The maximum atomic E-state index is 12.1. The van der Waals surface area contributed by atoms with Gasteiger partial charge in [0.05, 0.1) is 9.82 Å². The summed E-state index contributed by atoms with van der Waals surface area (Å²) in [6.07, 6.45) is 0.907. The van der Waals surface area contributed by atoms with Gasteiger partial charge in [-0.3, -0.25) is 10.1 Å². The number of likely N-dealkylation sites (N-methyl/N-ethyl adjacent to an activating group) is 1. The number of nitrogens with one attached hydrogen (secondary N) is 1. The molecular weight excluding hydrogens is 304 g/mol. The van der Waals surface area contributed by atoms with Crippen molar-refractivity contribution < 1.29 is 9.13 Å². The zero-order valence-corrected chi connectivity index (χ0v) is 13.6. The molecule has 1 fully saturated rings. The van der Waals surface area contributed by atoms with Gasteiger partial charge in [0, 0.05) is 44.9 Å². The summed E-state index contributed by atoms with van der Waals surface area (Å²) in [5.41, 5.74) is -0.0370. The molecule has 1 aromatic carbocycles. The van der Waals surface area contributed by atoms with Crippen LogP contribution >= 0.6 is 0 Å². The van der Waals surface area contributed by atoms with Crippen LogP contribution in [0.3, 0.4) is 0 Å². The lowest BCUT2D eigenvalue weighted by Gasteiger charge is -2.32. The Kier molecular flexibility index (Phi) is 6.44. The van der Waals surface area contributed by atoms with Gasteiger partial charge in [-0.2, -0.15) is 0 Å². The van der Waals surface area contributed by atoms with E-state index in [0.717, 1.165) is 39.1 Å². The van der Waals surface area contributed by atoms with E-state index in [9.17, 15) is 14.3 Å². The second-order valence-electron chi connectivity index (χ2n) is 5.42. The Morgan fingerprint density at radius 3 is 2.73 bits per heavy atom. The molecule has 122 valence electrons. The van der Waals surface area contributed by atoms with E-state index in [0.29, 0.717) is 11.4 Å². The van der Waals surface area contributed by atoms with E-state index in [4.69, 9.17) is 0 Å². The SMILES string of the molecule is CN1CCN(CCCNS(=O)c2cccc([N+](=O)[O-])c2)CC1. The fourth-order valence-corrected chi connectivity index (χ4v) is 3.26. The maximum Gasteiger partial charge on any atom is 0.270 e. The Labute approximate surface area is 133 Å². The number of non-ortho nitro benzene ring substituents is 1. The van der Waals surface area contributed by atoms with E-state index in [2.05, 4.69) is 21.6 Å². The molecule has 0 radical (unpaired) electrons. The predicted octanol–water partition coefficient (Wildman–Crippen LogP) is 0.844. The second-order valence-corrected chi connectivity index (χ2v) is 6.71. The van der Waals surface area contributed by atoms with Crippen LogP contribution < -0.4 is 4.72 Å². The van der Waals surface area contributed by atoms with Crippen molar-refractivity contribution in [3.05, 3.63) is 34.4 Å². The smallest absolute Gasteiger partial charge is 0.270 e. The molecule has 7 nitrogen and oxygen atoms in total. The summed E-state index contributed by atoms with van der Waals surface area (Å²) in [6.45, 7) is 5.93. The second kappa shape index (κ2) is 8.33. The first-order valence-corrected chi connectivity index (χ1v) is 8.52. The van der Waals surface area contributed by atoms with Gasteiger partial charge in [0.1, 0.15) is 11.0 Å². The molecule has 1 saturated heterocycles. The Balaban J connectivity index is 1.71. The van der Waals surface area contributed by atoms with Crippen molar-refractivity contribution in [2.75, 3.05) is 46.3 Å². The number of nitro groups is 1. The lowest BCUT2D eigenvalue weighted by molar-refractivity contribution is -0.385. The van der Waals surface area contributed by atoms with Crippen LogP contribution in [0.25, 0.3) is 0 Å². The lowest BCUT2D eigenvalue weighted by Crippen LogP contribution is -2.45. The van der Waals surface area contributed by atoms with Crippen molar-refractivity contribution in [2.24, 2.45) is 0 Å². The fourth-order valence-electron chi connectivity index (χ4n) is 2.33. The first-order chi connectivity index (χ1) is 10.6. The van der Waals surface area contributed by atoms with Gasteiger partial charge in [0.15, 0.2) is 0 Å². The van der Waals surface area contributed by atoms with Crippen molar-refractivity contribution in [1.29, 1.82) is 0 Å². The Morgan fingerprint density at radius 1 is 1.32 bits per heavy atom. The monoisotopic (exact) mass is 326 g/mol. The van der Waals surface area contributed by atoms with Gasteiger partial charge in [-0.1, -0.05) is 6.07 Å². The van der Waals surface area contributed by atoms with Gasteiger partial charge in [0.25, 0.3) is 5.69 Å². The molecule has 0 aliphatic carbocycles. The van der Waals surface area contributed by atoms with Gasteiger partial charge >= 0.3 is 0 Å². The standard InChI is InChI=1S/C14H22N4O3S/c1-16-8-10-17(11-9-16)7-3-6-15-22(21)14-5-2-4-13(12-14)18(19)20/h2,4-5,12,15H,3,6-11H2,1H3. The third-order valence-corrected chi connectivity index (χ3v) is 4.87. The number of nitro benzene ring substituents is 1. The van der Waals surface area contributed by atoms with Gasteiger partial charge in [-0.05, 0) is 26.1 Å². The molecule has 8 heteroatoms. The molecule has 0 aromatic heterocycles. The number of hydrogen-bond donors (Lipinski definition) is 1. The number of piperazine rings is 1. The first kappa shape index (κ1) is 17.0. The molecule has 0 bridgehead atoms. The molecule has 0 saturated carbocycles. The molecule has 1 aliphatic rings.